The molecule has 0 saturated heterocycles. The van der Waals surface area contributed by atoms with Crippen LogP contribution in [-0.4, -0.2) is 31.9 Å². The first-order chi connectivity index (χ1) is 9.05. The van der Waals surface area contributed by atoms with Crippen LogP contribution in [0.4, 0.5) is 5.69 Å². The molecular formula is C13H13NO5. The topological polar surface area (TPSA) is 81.7 Å². The number of ketones is 1. The van der Waals surface area contributed by atoms with E-state index >= 15 is 0 Å². The third kappa shape index (κ3) is 2.57. The maximum atomic E-state index is 11.9. The van der Waals surface area contributed by atoms with Gasteiger partial charge < -0.3 is 14.8 Å². The van der Waals surface area contributed by atoms with E-state index in [0.29, 0.717) is 22.6 Å². The summed E-state index contributed by atoms with van der Waals surface area (Å²) in [5, 5.41) is 2.67. The van der Waals surface area contributed by atoms with Crippen LogP contribution in [-0.2, 0) is 20.7 Å². The quantitative estimate of drug-likeness (QED) is 0.496. The van der Waals surface area contributed by atoms with Crippen molar-refractivity contribution in [3.8, 4) is 5.75 Å². The summed E-state index contributed by atoms with van der Waals surface area (Å²) in [5.74, 6) is -0.701. The van der Waals surface area contributed by atoms with Crippen molar-refractivity contribution < 1.29 is 23.9 Å². The summed E-state index contributed by atoms with van der Waals surface area (Å²) >= 11 is 0. The van der Waals surface area contributed by atoms with E-state index in [2.05, 4.69) is 10.1 Å². The second-order valence-electron chi connectivity index (χ2n) is 4.11. The van der Waals surface area contributed by atoms with Gasteiger partial charge in [-0.25, -0.2) is 0 Å². The van der Waals surface area contributed by atoms with Crippen molar-refractivity contribution in [1.82, 2.24) is 0 Å². The fourth-order valence-electron chi connectivity index (χ4n) is 1.94. The minimum absolute atomic E-state index is 0.147. The molecule has 0 aromatic heterocycles. The highest BCUT2D eigenvalue weighted by Crippen LogP contribution is 2.34. The highest BCUT2D eigenvalue weighted by atomic mass is 16.5. The average Bonchev–Trinajstić information content (AvgIpc) is 2.77. The molecule has 2 rings (SSSR count). The molecule has 1 aliphatic rings. The van der Waals surface area contributed by atoms with Gasteiger partial charge in [0.05, 0.1) is 26.3 Å². The largest absolute Gasteiger partial charge is 0.495 e. The van der Waals surface area contributed by atoms with E-state index in [1.54, 1.807) is 6.07 Å². The van der Waals surface area contributed by atoms with Crippen LogP contribution in [0.3, 0.4) is 0 Å². The lowest BCUT2D eigenvalue weighted by Gasteiger charge is -2.09. The number of Topliss-reactive ketones (excluding diaryl/α,β-unsaturated/α-hetero) is 1. The Labute approximate surface area is 109 Å². The molecule has 1 aliphatic heterocycles. The van der Waals surface area contributed by atoms with Crippen LogP contribution in [0, 0.1) is 0 Å². The highest BCUT2D eigenvalue weighted by molar-refractivity contribution is 6.08. The molecule has 0 spiro atoms. The number of fused-ring (bicyclic) bond motifs is 1. The zero-order chi connectivity index (χ0) is 14.0. The number of esters is 1. The molecule has 1 aromatic rings. The molecule has 1 amide bonds. The van der Waals surface area contributed by atoms with E-state index in [1.807, 2.05) is 0 Å². The number of hydrogen-bond donors (Lipinski definition) is 1. The van der Waals surface area contributed by atoms with Crippen molar-refractivity contribution in [2.45, 2.75) is 12.8 Å². The Morgan fingerprint density at radius 1 is 1.32 bits per heavy atom. The summed E-state index contributed by atoms with van der Waals surface area (Å²) in [5.41, 5.74) is 1.61. The van der Waals surface area contributed by atoms with Gasteiger partial charge in [-0.3, -0.25) is 14.4 Å². The molecule has 6 nitrogen and oxygen atoms in total. The highest BCUT2D eigenvalue weighted by Gasteiger charge is 2.24. The zero-order valence-corrected chi connectivity index (χ0v) is 10.6. The van der Waals surface area contributed by atoms with Gasteiger partial charge in [-0.1, -0.05) is 0 Å². The van der Waals surface area contributed by atoms with Gasteiger partial charge in [-0.05, 0) is 17.7 Å². The number of benzene rings is 1. The van der Waals surface area contributed by atoms with Crippen molar-refractivity contribution in [3.63, 3.8) is 0 Å². The molecule has 1 N–H and O–H groups in total. The van der Waals surface area contributed by atoms with Crippen molar-refractivity contribution >= 4 is 23.3 Å². The van der Waals surface area contributed by atoms with Gasteiger partial charge in [0.2, 0.25) is 5.91 Å². The smallest absolute Gasteiger partial charge is 0.313 e. The van der Waals surface area contributed by atoms with Gasteiger partial charge in [0.15, 0.2) is 5.78 Å². The summed E-state index contributed by atoms with van der Waals surface area (Å²) < 4.78 is 9.60. The Kier molecular flexibility index (Phi) is 3.50. The molecule has 0 radical (unpaired) electrons. The molecule has 0 saturated carbocycles. The first-order valence-corrected chi connectivity index (χ1v) is 5.66. The summed E-state index contributed by atoms with van der Waals surface area (Å²) in [7, 11) is 2.68. The minimum Gasteiger partial charge on any atom is -0.495 e. The molecule has 1 aromatic carbocycles. The monoisotopic (exact) mass is 263 g/mol. The predicted molar refractivity (Wildman–Crippen MR) is 66.3 cm³/mol. The van der Waals surface area contributed by atoms with Crippen LogP contribution in [0.1, 0.15) is 22.3 Å². The van der Waals surface area contributed by atoms with E-state index in [4.69, 9.17) is 4.74 Å². The Balaban J connectivity index is 2.33. The number of ether oxygens (including phenoxy) is 2. The lowest BCUT2D eigenvalue weighted by atomic mass is 10.0. The molecule has 0 aliphatic carbocycles. The second kappa shape index (κ2) is 5.09. The number of carbonyl (C=O) groups excluding carboxylic acids is 3. The first kappa shape index (κ1) is 13.1. The maximum absolute atomic E-state index is 11.9. The normalized spacial score (nSPS) is 12.6. The number of methoxy groups -OCH3 is 2. The van der Waals surface area contributed by atoms with E-state index < -0.39 is 5.97 Å². The van der Waals surface area contributed by atoms with Crippen LogP contribution in [0.5, 0.6) is 5.75 Å². The molecule has 0 fully saturated rings. The Morgan fingerprint density at radius 2 is 2.05 bits per heavy atom. The Hall–Kier alpha value is -2.37. The van der Waals surface area contributed by atoms with E-state index in [0.717, 1.165) is 0 Å². The molecule has 0 unspecified atom stereocenters. The molecule has 0 bridgehead atoms. The van der Waals surface area contributed by atoms with Crippen LogP contribution in [0.15, 0.2) is 12.1 Å². The standard InChI is InChI=1S/C13H13NO5/c1-18-10-4-7(9(15)6-12(17)19-2)3-8-5-11(16)14-13(8)10/h3-4H,5-6H2,1-2H3,(H,14,16). The van der Waals surface area contributed by atoms with Crippen LogP contribution in [0.2, 0.25) is 0 Å². The van der Waals surface area contributed by atoms with Gasteiger partial charge >= 0.3 is 5.97 Å². The SMILES string of the molecule is COC(=O)CC(=O)c1cc2c(c(OC)c1)NC(=O)C2. The summed E-state index contributed by atoms with van der Waals surface area (Å²) in [6.07, 6.45) is -0.134. The molecule has 100 valence electrons. The summed E-state index contributed by atoms with van der Waals surface area (Å²) in [4.78, 5) is 34.3. The number of hydrogen-bond acceptors (Lipinski definition) is 5. The van der Waals surface area contributed by atoms with Gasteiger partial charge in [-0.15, -0.1) is 0 Å². The van der Waals surface area contributed by atoms with E-state index in [1.165, 1.54) is 20.3 Å². The molecule has 19 heavy (non-hydrogen) atoms. The third-order valence-electron chi connectivity index (χ3n) is 2.87. The van der Waals surface area contributed by atoms with Crippen LogP contribution < -0.4 is 10.1 Å². The van der Waals surface area contributed by atoms with E-state index in [-0.39, 0.29) is 24.5 Å². The van der Waals surface area contributed by atoms with Crippen LogP contribution >= 0.6 is 0 Å². The second-order valence-corrected chi connectivity index (χ2v) is 4.11. The van der Waals surface area contributed by atoms with Crippen molar-refractivity contribution in [2.24, 2.45) is 0 Å². The van der Waals surface area contributed by atoms with Gasteiger partial charge in [0.1, 0.15) is 12.2 Å². The van der Waals surface area contributed by atoms with Gasteiger partial charge in [0, 0.05) is 5.56 Å². The van der Waals surface area contributed by atoms with Crippen molar-refractivity contribution in [1.29, 1.82) is 0 Å². The Morgan fingerprint density at radius 3 is 2.68 bits per heavy atom. The molecule has 0 atom stereocenters. The third-order valence-corrected chi connectivity index (χ3v) is 2.87. The molecular weight excluding hydrogens is 250 g/mol. The van der Waals surface area contributed by atoms with Crippen molar-refractivity contribution in [3.05, 3.63) is 23.3 Å². The fraction of sp³-hybridized carbons (Fsp3) is 0.308. The lowest BCUT2D eigenvalue weighted by Crippen LogP contribution is -2.10. The summed E-state index contributed by atoms with van der Waals surface area (Å²) in [6, 6.07) is 3.11. The summed E-state index contributed by atoms with van der Waals surface area (Å²) in [6.45, 7) is 0. The number of nitrogens with one attached hydrogen (secondary N) is 1. The first-order valence-electron chi connectivity index (χ1n) is 5.66. The number of rotatable bonds is 4. The maximum Gasteiger partial charge on any atom is 0.313 e. The lowest BCUT2D eigenvalue weighted by molar-refractivity contribution is -0.139. The Bertz CT molecular complexity index is 564. The molecule has 1 heterocycles. The number of amides is 1. The van der Waals surface area contributed by atoms with E-state index in [9.17, 15) is 14.4 Å². The minimum atomic E-state index is -0.598. The molecule has 6 heteroatoms. The van der Waals surface area contributed by atoms with Gasteiger partial charge in [-0.2, -0.15) is 0 Å². The van der Waals surface area contributed by atoms with Gasteiger partial charge in [0.25, 0.3) is 0 Å². The number of anilines is 1. The number of carbonyl (C=O) groups is 3. The zero-order valence-electron chi connectivity index (χ0n) is 10.6. The van der Waals surface area contributed by atoms with Crippen LogP contribution in [0.25, 0.3) is 0 Å². The average molecular weight is 263 g/mol. The van der Waals surface area contributed by atoms with Crippen molar-refractivity contribution in [2.75, 3.05) is 19.5 Å². The predicted octanol–water partition coefficient (Wildman–Crippen LogP) is 0.936. The fourth-order valence-corrected chi connectivity index (χ4v) is 1.94.